The van der Waals surface area contributed by atoms with Gasteiger partial charge >= 0.3 is 341 Å². The Labute approximate surface area is 443 Å². The van der Waals surface area contributed by atoms with Crippen LogP contribution in [0.1, 0.15) is 129 Å². The number of imidazole rings is 1. The molecule has 0 radical (unpaired) electrons. The van der Waals surface area contributed by atoms with Crippen molar-refractivity contribution in [2.24, 2.45) is 0 Å². The van der Waals surface area contributed by atoms with Gasteiger partial charge in [-0.3, -0.25) is 0 Å². The van der Waals surface area contributed by atoms with E-state index in [4.69, 9.17) is 9.72 Å². The summed E-state index contributed by atoms with van der Waals surface area (Å²) in [6.07, 6.45) is 3.94. The van der Waals surface area contributed by atoms with Crippen molar-refractivity contribution in [2.75, 3.05) is 0 Å². The fourth-order valence-electron chi connectivity index (χ4n) is 11.0. The quantitative estimate of drug-likeness (QED) is 0.159. The Balaban J connectivity index is 1.05. The normalized spacial score (nSPS) is 14.4. The van der Waals surface area contributed by atoms with Crippen molar-refractivity contribution in [1.29, 1.82) is 0 Å². The molecular formula is C67H68N4OPt. The van der Waals surface area contributed by atoms with E-state index in [0.29, 0.717) is 0 Å². The third kappa shape index (κ3) is 8.86. The van der Waals surface area contributed by atoms with Crippen LogP contribution in [-0.4, -0.2) is 18.7 Å². The van der Waals surface area contributed by atoms with Crippen LogP contribution in [-0.2, 0) is 47.4 Å². The minimum atomic E-state index is -0.0251. The van der Waals surface area contributed by atoms with Gasteiger partial charge in [0.15, 0.2) is 0 Å². The predicted molar refractivity (Wildman–Crippen MR) is 302 cm³/mol. The third-order valence-electron chi connectivity index (χ3n) is 15.2. The van der Waals surface area contributed by atoms with Crippen molar-refractivity contribution in [3.05, 3.63) is 201 Å². The zero-order chi connectivity index (χ0) is 51.4. The first-order valence-corrected chi connectivity index (χ1v) is 27.2. The maximum atomic E-state index is 6.98. The van der Waals surface area contributed by atoms with Crippen LogP contribution in [0.15, 0.2) is 164 Å². The third-order valence-corrected chi connectivity index (χ3v) is 16.3. The number of ether oxygens (including phenoxy) is 1. The van der Waals surface area contributed by atoms with Gasteiger partial charge in [-0.2, -0.15) is 0 Å². The SMILES string of the molecule is CC(C)(C)c1cc(-c2cccc(-c3ccccc3)c2-n2[c](=[Pt])n(C3CCc4ccc(Oc5ccc6c7cc(C(C)(C)C)ccc7n(-c7cc(C(C)(C)C)ccn7)c6c5)cc43)c3ccccc32)cc(C(C)(C)C)c1. The van der Waals surface area contributed by atoms with Gasteiger partial charge < -0.3 is 0 Å². The number of aryl methyl sites for hydroxylation is 1. The molecular weight excluding hydrogens is 1070 g/mol. The monoisotopic (exact) mass is 1140 g/mol. The molecule has 0 saturated heterocycles. The minimum absolute atomic E-state index is 0.0114. The maximum absolute atomic E-state index is 6.98. The van der Waals surface area contributed by atoms with E-state index in [9.17, 15) is 0 Å². The van der Waals surface area contributed by atoms with Crippen LogP contribution in [0.3, 0.4) is 0 Å². The van der Waals surface area contributed by atoms with E-state index >= 15 is 0 Å². The Bertz CT molecular complexity index is 3810. The summed E-state index contributed by atoms with van der Waals surface area (Å²) in [5.41, 5.74) is 18.5. The van der Waals surface area contributed by atoms with Crippen molar-refractivity contribution in [1.82, 2.24) is 18.7 Å². The van der Waals surface area contributed by atoms with Crippen molar-refractivity contribution < 1.29 is 24.1 Å². The summed E-state index contributed by atoms with van der Waals surface area (Å²) in [4.78, 5) is 4.99. The molecule has 0 spiro atoms. The number of benzene rings is 7. The molecule has 0 N–H and O–H groups in total. The Hall–Kier alpha value is -6.55. The average molecular weight is 1140 g/mol. The Kier molecular flexibility index (Phi) is 11.9. The Morgan fingerprint density at radius 1 is 0.479 bits per heavy atom. The van der Waals surface area contributed by atoms with Crippen molar-refractivity contribution in [3.8, 4) is 45.3 Å². The van der Waals surface area contributed by atoms with E-state index in [-0.39, 0.29) is 27.7 Å². The van der Waals surface area contributed by atoms with Crippen LogP contribution in [0, 0.1) is 3.80 Å². The molecule has 5 nitrogen and oxygen atoms in total. The summed E-state index contributed by atoms with van der Waals surface area (Å²) >= 11 is 2.62. The van der Waals surface area contributed by atoms with Gasteiger partial charge in [0.2, 0.25) is 0 Å². The van der Waals surface area contributed by atoms with Crippen LogP contribution in [0.25, 0.3) is 66.6 Å². The van der Waals surface area contributed by atoms with E-state index in [2.05, 4.69) is 274 Å². The van der Waals surface area contributed by atoms with Crippen LogP contribution in [0.5, 0.6) is 11.5 Å². The number of fused-ring (bicyclic) bond motifs is 5. The summed E-state index contributed by atoms with van der Waals surface area (Å²) in [6.45, 7) is 27.6. The summed E-state index contributed by atoms with van der Waals surface area (Å²) in [7, 11) is 0. The first-order valence-electron chi connectivity index (χ1n) is 26.0. The molecule has 3 heterocycles. The summed E-state index contributed by atoms with van der Waals surface area (Å²) in [5, 5.41) is 2.40. The van der Waals surface area contributed by atoms with E-state index < -0.39 is 0 Å². The molecule has 1 atom stereocenters. The van der Waals surface area contributed by atoms with Gasteiger partial charge in [-0.05, 0) is 46.2 Å². The molecule has 1 unspecified atom stereocenters. The van der Waals surface area contributed by atoms with Gasteiger partial charge in [0.1, 0.15) is 0 Å². The van der Waals surface area contributed by atoms with Gasteiger partial charge in [-0.15, -0.1) is 0 Å². The van der Waals surface area contributed by atoms with Crippen molar-refractivity contribution in [3.63, 3.8) is 0 Å². The van der Waals surface area contributed by atoms with Crippen LogP contribution >= 0.6 is 0 Å². The number of hydrogen-bond donors (Lipinski definition) is 0. The van der Waals surface area contributed by atoms with Crippen LogP contribution in [0.2, 0.25) is 0 Å². The number of rotatable bonds is 7. The van der Waals surface area contributed by atoms with Crippen molar-refractivity contribution in [2.45, 2.75) is 124 Å². The number of pyridine rings is 1. The number of hydrogen-bond acceptors (Lipinski definition) is 2. The molecule has 11 rings (SSSR count). The zero-order valence-corrected chi connectivity index (χ0v) is 46.9. The molecule has 0 bridgehead atoms. The molecule has 10 aromatic rings. The Morgan fingerprint density at radius 2 is 1.10 bits per heavy atom. The van der Waals surface area contributed by atoms with E-state index in [1.165, 1.54) is 83.1 Å². The molecule has 0 fully saturated rings. The molecule has 73 heavy (non-hydrogen) atoms. The summed E-state index contributed by atoms with van der Waals surface area (Å²) in [5.74, 6) is 2.54. The van der Waals surface area contributed by atoms with Gasteiger partial charge in [0.05, 0.1) is 0 Å². The average Bonchev–Trinajstić information content (AvgIpc) is 4.01. The van der Waals surface area contributed by atoms with Gasteiger partial charge in [0.25, 0.3) is 0 Å². The van der Waals surface area contributed by atoms with Gasteiger partial charge in [0, 0.05) is 6.20 Å². The topological polar surface area (TPSA) is 36.9 Å². The standard InChI is InChI=1S/C67H68N4O.Pt/c1-64(2,3)46-27-32-58-56(38-46)54-30-29-51(41-61(54)71(58)62-39-47(33-34-68-62)65(4,5)6)72-50-28-25-44-26-31-57(55(44)40-50)69-42-70(60-24-17-16-23-59(60)69)63-52(43-19-14-13-15-20-43)21-18-22-53(63)45-35-48(66(7,8)9)37-49(36-45)67(10,11)12;/h13-25,27-30,32-41,57H,26,31H2,1-12H3;. The van der Waals surface area contributed by atoms with E-state index in [1.54, 1.807) is 0 Å². The fourth-order valence-corrected chi connectivity index (χ4v) is 12.1. The molecule has 1 aliphatic rings. The summed E-state index contributed by atoms with van der Waals surface area (Å²) in [6, 6.07) is 58.8. The predicted octanol–water partition coefficient (Wildman–Crippen LogP) is 17.9. The second-order valence-corrected chi connectivity index (χ2v) is 25.5. The van der Waals surface area contributed by atoms with E-state index in [1.807, 2.05) is 6.20 Å². The van der Waals surface area contributed by atoms with E-state index in [0.717, 1.165) is 45.0 Å². The molecule has 0 saturated carbocycles. The first-order chi connectivity index (χ1) is 34.6. The first kappa shape index (κ1) is 48.7. The Morgan fingerprint density at radius 3 is 1.78 bits per heavy atom. The fraction of sp³-hybridized carbons (Fsp3) is 0.284. The van der Waals surface area contributed by atoms with Gasteiger partial charge in [-0.25, -0.2) is 4.98 Å². The summed E-state index contributed by atoms with van der Waals surface area (Å²) < 4.78 is 15.6. The molecule has 0 amide bonds. The van der Waals surface area contributed by atoms with Crippen LogP contribution in [0.4, 0.5) is 0 Å². The van der Waals surface area contributed by atoms with Crippen molar-refractivity contribution >= 4 is 32.8 Å². The van der Waals surface area contributed by atoms with Gasteiger partial charge in [-0.1, -0.05) is 47.6 Å². The number of nitrogens with zero attached hydrogens (tertiary/aromatic N) is 4. The zero-order valence-electron chi connectivity index (χ0n) is 44.6. The second kappa shape index (κ2) is 17.8. The molecule has 3 aromatic heterocycles. The molecule has 7 aromatic carbocycles. The molecule has 372 valence electrons. The number of aromatic nitrogens is 4. The number of para-hydroxylation sites is 3. The van der Waals surface area contributed by atoms with Crippen LogP contribution < -0.4 is 4.74 Å². The second-order valence-electron chi connectivity index (χ2n) is 24.5. The molecule has 1 aliphatic carbocycles. The molecule has 6 heteroatoms. The molecule has 0 aliphatic heterocycles.